The van der Waals surface area contributed by atoms with E-state index in [4.69, 9.17) is 0 Å². The fourth-order valence-electron chi connectivity index (χ4n) is 0.785. The molecule has 0 unspecified atom stereocenters. The smallest absolute Gasteiger partial charge is 0.236 e. The zero-order valence-corrected chi connectivity index (χ0v) is 8.55. The van der Waals surface area contributed by atoms with Gasteiger partial charge >= 0.3 is 0 Å². The molecule has 0 aromatic rings. The van der Waals surface area contributed by atoms with Gasteiger partial charge in [0.05, 0.1) is 6.54 Å². The number of hydrogen-bond donors (Lipinski definition) is 1. The largest absolute Gasteiger partial charge is 0.342 e. The average molecular weight is 172 g/mol. The van der Waals surface area contributed by atoms with Crippen molar-refractivity contribution in [3.8, 4) is 0 Å². The van der Waals surface area contributed by atoms with E-state index in [0.29, 0.717) is 12.6 Å². The molecule has 0 spiro atoms. The Bertz CT molecular complexity index is 134. The number of hydrogen-bond acceptors (Lipinski definition) is 2. The number of rotatable bonds is 5. The first-order chi connectivity index (χ1) is 5.59. The second-order valence-electron chi connectivity index (χ2n) is 3.28. The number of nitrogens with one attached hydrogen (secondary N) is 1. The third-order valence-corrected chi connectivity index (χ3v) is 1.87. The first kappa shape index (κ1) is 11.4. The molecule has 3 heteroatoms. The molecule has 0 atom stereocenters. The molecule has 0 bridgehead atoms. The first-order valence-electron chi connectivity index (χ1n) is 4.56. The third kappa shape index (κ3) is 4.34. The maximum atomic E-state index is 11.3. The molecule has 0 saturated heterocycles. The van der Waals surface area contributed by atoms with Crippen LogP contribution in [0.2, 0.25) is 0 Å². The van der Waals surface area contributed by atoms with Crippen molar-refractivity contribution in [1.29, 1.82) is 0 Å². The van der Waals surface area contributed by atoms with Crippen LogP contribution in [-0.4, -0.2) is 37.0 Å². The summed E-state index contributed by atoms with van der Waals surface area (Å²) in [5.74, 6) is 0.165. The second kappa shape index (κ2) is 6.00. The molecular weight excluding hydrogens is 152 g/mol. The van der Waals surface area contributed by atoms with Crippen molar-refractivity contribution in [3.63, 3.8) is 0 Å². The Labute approximate surface area is 75.1 Å². The summed E-state index contributed by atoms with van der Waals surface area (Å²) in [6.07, 6.45) is 1.07. The SMILES string of the molecule is CCCNCC(=O)N(C)C(C)C. The van der Waals surface area contributed by atoms with Crippen molar-refractivity contribution in [2.75, 3.05) is 20.1 Å². The minimum Gasteiger partial charge on any atom is -0.342 e. The molecule has 0 radical (unpaired) electrons. The van der Waals surface area contributed by atoms with Crippen LogP contribution in [0.15, 0.2) is 0 Å². The van der Waals surface area contributed by atoms with Gasteiger partial charge in [0.2, 0.25) is 5.91 Å². The minimum atomic E-state index is 0.165. The lowest BCUT2D eigenvalue weighted by Crippen LogP contribution is -2.39. The van der Waals surface area contributed by atoms with E-state index in [1.54, 1.807) is 4.90 Å². The molecule has 0 rings (SSSR count). The Balaban J connectivity index is 3.57. The topological polar surface area (TPSA) is 32.3 Å². The summed E-state index contributed by atoms with van der Waals surface area (Å²) in [6, 6.07) is 0.293. The minimum absolute atomic E-state index is 0.165. The summed E-state index contributed by atoms with van der Waals surface area (Å²) in [4.78, 5) is 13.1. The van der Waals surface area contributed by atoms with Crippen molar-refractivity contribution >= 4 is 5.91 Å². The van der Waals surface area contributed by atoms with E-state index in [-0.39, 0.29) is 5.91 Å². The van der Waals surface area contributed by atoms with Crippen LogP contribution in [0.4, 0.5) is 0 Å². The summed E-state index contributed by atoms with van der Waals surface area (Å²) < 4.78 is 0. The van der Waals surface area contributed by atoms with E-state index in [9.17, 15) is 4.79 Å². The van der Waals surface area contributed by atoms with Crippen molar-refractivity contribution < 1.29 is 4.79 Å². The van der Waals surface area contributed by atoms with Gasteiger partial charge in [0, 0.05) is 13.1 Å². The fraction of sp³-hybridized carbons (Fsp3) is 0.889. The zero-order chi connectivity index (χ0) is 9.56. The highest BCUT2D eigenvalue weighted by molar-refractivity contribution is 5.78. The lowest BCUT2D eigenvalue weighted by Gasteiger charge is -2.21. The monoisotopic (exact) mass is 172 g/mol. The Morgan fingerprint density at radius 1 is 1.50 bits per heavy atom. The lowest BCUT2D eigenvalue weighted by molar-refractivity contribution is -0.130. The number of nitrogens with zero attached hydrogens (tertiary/aromatic N) is 1. The van der Waals surface area contributed by atoms with E-state index in [2.05, 4.69) is 12.2 Å². The van der Waals surface area contributed by atoms with E-state index in [0.717, 1.165) is 13.0 Å². The number of amides is 1. The lowest BCUT2D eigenvalue weighted by atomic mass is 10.3. The molecule has 72 valence electrons. The normalized spacial score (nSPS) is 10.4. The van der Waals surface area contributed by atoms with Gasteiger partial charge in [0.25, 0.3) is 0 Å². The van der Waals surface area contributed by atoms with Crippen molar-refractivity contribution in [1.82, 2.24) is 10.2 Å². The van der Waals surface area contributed by atoms with Crippen LogP contribution in [0.1, 0.15) is 27.2 Å². The van der Waals surface area contributed by atoms with Crippen LogP contribution in [-0.2, 0) is 4.79 Å². The van der Waals surface area contributed by atoms with Gasteiger partial charge in [-0.1, -0.05) is 6.92 Å². The van der Waals surface area contributed by atoms with Gasteiger partial charge in [-0.3, -0.25) is 4.79 Å². The highest BCUT2D eigenvalue weighted by atomic mass is 16.2. The predicted molar refractivity (Wildman–Crippen MR) is 51.1 cm³/mol. The molecule has 12 heavy (non-hydrogen) atoms. The maximum absolute atomic E-state index is 11.3. The zero-order valence-electron chi connectivity index (χ0n) is 8.55. The van der Waals surface area contributed by atoms with E-state index in [1.165, 1.54) is 0 Å². The highest BCUT2D eigenvalue weighted by Crippen LogP contribution is 1.92. The molecule has 0 saturated carbocycles. The summed E-state index contributed by atoms with van der Waals surface area (Å²) in [5, 5.41) is 3.08. The van der Waals surface area contributed by atoms with Crippen LogP contribution in [0, 0.1) is 0 Å². The second-order valence-corrected chi connectivity index (χ2v) is 3.28. The Kier molecular flexibility index (Phi) is 5.72. The molecule has 0 heterocycles. The van der Waals surface area contributed by atoms with Gasteiger partial charge in [-0.2, -0.15) is 0 Å². The molecule has 0 aliphatic heterocycles. The molecule has 0 fully saturated rings. The van der Waals surface area contributed by atoms with Crippen LogP contribution in [0.25, 0.3) is 0 Å². The van der Waals surface area contributed by atoms with Gasteiger partial charge in [-0.15, -0.1) is 0 Å². The fourth-order valence-corrected chi connectivity index (χ4v) is 0.785. The van der Waals surface area contributed by atoms with E-state index >= 15 is 0 Å². The standard InChI is InChI=1S/C9H20N2O/c1-5-6-10-7-9(12)11(4)8(2)3/h8,10H,5-7H2,1-4H3. The van der Waals surface area contributed by atoms with Gasteiger partial charge in [0.15, 0.2) is 0 Å². The van der Waals surface area contributed by atoms with Crippen molar-refractivity contribution in [2.24, 2.45) is 0 Å². The van der Waals surface area contributed by atoms with Crippen molar-refractivity contribution in [2.45, 2.75) is 33.2 Å². The molecular formula is C9H20N2O. The quantitative estimate of drug-likeness (QED) is 0.624. The van der Waals surface area contributed by atoms with Crippen LogP contribution in [0.5, 0.6) is 0 Å². The molecule has 0 aromatic carbocycles. The Morgan fingerprint density at radius 3 is 2.50 bits per heavy atom. The van der Waals surface area contributed by atoms with Crippen LogP contribution in [0.3, 0.4) is 0 Å². The van der Waals surface area contributed by atoms with Gasteiger partial charge in [-0.05, 0) is 26.8 Å². The van der Waals surface area contributed by atoms with E-state index in [1.807, 2.05) is 20.9 Å². The third-order valence-electron chi connectivity index (χ3n) is 1.87. The number of carbonyl (C=O) groups is 1. The molecule has 0 aliphatic rings. The molecule has 0 aliphatic carbocycles. The van der Waals surface area contributed by atoms with Gasteiger partial charge in [-0.25, -0.2) is 0 Å². The van der Waals surface area contributed by atoms with E-state index < -0.39 is 0 Å². The van der Waals surface area contributed by atoms with Gasteiger partial charge in [0.1, 0.15) is 0 Å². The summed E-state index contributed by atoms with van der Waals surface area (Å²) in [7, 11) is 1.83. The molecule has 3 nitrogen and oxygen atoms in total. The van der Waals surface area contributed by atoms with Crippen LogP contribution < -0.4 is 5.32 Å². The number of carbonyl (C=O) groups excluding carboxylic acids is 1. The summed E-state index contributed by atoms with van der Waals surface area (Å²) in [6.45, 7) is 7.49. The maximum Gasteiger partial charge on any atom is 0.236 e. The Hall–Kier alpha value is -0.570. The molecule has 0 aromatic heterocycles. The summed E-state index contributed by atoms with van der Waals surface area (Å²) in [5.41, 5.74) is 0. The van der Waals surface area contributed by atoms with Gasteiger partial charge < -0.3 is 10.2 Å². The summed E-state index contributed by atoms with van der Waals surface area (Å²) >= 11 is 0. The van der Waals surface area contributed by atoms with Crippen LogP contribution >= 0.6 is 0 Å². The number of likely N-dealkylation sites (N-methyl/N-ethyl adjacent to an activating group) is 1. The molecule has 1 amide bonds. The predicted octanol–water partition coefficient (Wildman–Crippen LogP) is 0.853. The first-order valence-corrected chi connectivity index (χ1v) is 4.56. The highest BCUT2D eigenvalue weighted by Gasteiger charge is 2.09. The average Bonchev–Trinajstić information content (AvgIpc) is 2.03. The molecule has 1 N–H and O–H groups in total. The Morgan fingerprint density at radius 2 is 2.08 bits per heavy atom. The van der Waals surface area contributed by atoms with Crippen molar-refractivity contribution in [3.05, 3.63) is 0 Å².